The number of hydrogen-bond donors (Lipinski definition) is 1. The van der Waals surface area contributed by atoms with Gasteiger partial charge in [0, 0.05) is 30.9 Å². The second-order valence-corrected chi connectivity index (χ2v) is 5.54. The maximum Gasteiger partial charge on any atom is 0.326 e. The highest BCUT2D eigenvalue weighted by Crippen LogP contribution is 2.20. The summed E-state index contributed by atoms with van der Waals surface area (Å²) in [5.74, 6) is 1.05. The fourth-order valence-corrected chi connectivity index (χ4v) is 2.28. The zero-order valence-corrected chi connectivity index (χ0v) is 13.8. The van der Waals surface area contributed by atoms with E-state index >= 15 is 0 Å². The van der Waals surface area contributed by atoms with Gasteiger partial charge in [-0.15, -0.1) is 0 Å². The van der Waals surface area contributed by atoms with Crippen LogP contribution in [0.4, 0.5) is 16.2 Å². The van der Waals surface area contributed by atoms with Gasteiger partial charge in [-0.2, -0.15) is 4.98 Å². The van der Waals surface area contributed by atoms with Crippen LogP contribution < -0.4 is 10.2 Å². The average Bonchev–Trinajstić information content (AvgIpc) is 3.01. The summed E-state index contributed by atoms with van der Waals surface area (Å²) in [5, 5.41) is 6.74. The molecule has 0 spiro atoms. The van der Waals surface area contributed by atoms with E-state index in [0.29, 0.717) is 17.4 Å². The molecule has 0 aliphatic rings. The third kappa shape index (κ3) is 3.43. The summed E-state index contributed by atoms with van der Waals surface area (Å²) in [6, 6.07) is 14.9. The molecule has 0 unspecified atom stereocenters. The highest BCUT2D eigenvalue weighted by molar-refractivity contribution is 6.01. The van der Waals surface area contributed by atoms with Gasteiger partial charge >= 0.3 is 6.03 Å². The fourth-order valence-electron chi connectivity index (χ4n) is 2.28. The number of benzene rings is 2. The monoisotopic (exact) mass is 322 g/mol. The van der Waals surface area contributed by atoms with Crippen LogP contribution in [-0.2, 0) is 0 Å². The zero-order chi connectivity index (χ0) is 17.1. The van der Waals surface area contributed by atoms with Crippen molar-refractivity contribution in [1.82, 2.24) is 10.1 Å². The lowest BCUT2D eigenvalue weighted by Crippen LogP contribution is -2.31. The van der Waals surface area contributed by atoms with E-state index in [9.17, 15) is 4.79 Å². The lowest BCUT2D eigenvalue weighted by Gasteiger charge is -2.18. The standard InChI is InChI=1S/C18H18N4O2/c1-12-5-4-6-16(11-12)22(3)18(23)20-15-9-7-14(8-10-15)17-19-13(2)24-21-17/h4-11H,1-3H3,(H,20,23). The lowest BCUT2D eigenvalue weighted by atomic mass is 10.2. The van der Waals surface area contributed by atoms with Crippen LogP contribution in [-0.4, -0.2) is 23.2 Å². The minimum absolute atomic E-state index is 0.205. The van der Waals surface area contributed by atoms with Gasteiger partial charge in [0.05, 0.1) is 0 Å². The predicted octanol–water partition coefficient (Wildman–Crippen LogP) is 4.02. The average molecular weight is 322 g/mol. The van der Waals surface area contributed by atoms with Crippen LogP contribution in [0.25, 0.3) is 11.4 Å². The number of carbonyl (C=O) groups is 1. The van der Waals surface area contributed by atoms with Gasteiger partial charge in [0.25, 0.3) is 0 Å². The molecule has 0 bridgehead atoms. The van der Waals surface area contributed by atoms with E-state index in [0.717, 1.165) is 16.8 Å². The van der Waals surface area contributed by atoms with Crippen LogP contribution >= 0.6 is 0 Å². The molecule has 0 fully saturated rings. The number of aryl methyl sites for hydroxylation is 2. The SMILES string of the molecule is Cc1cccc(N(C)C(=O)Nc2ccc(-c3noc(C)n3)cc2)c1. The van der Waals surface area contributed by atoms with Crippen molar-refractivity contribution in [3.05, 3.63) is 60.0 Å². The Balaban J connectivity index is 1.70. The van der Waals surface area contributed by atoms with Gasteiger partial charge < -0.3 is 9.84 Å². The Hall–Kier alpha value is -3.15. The Labute approximate surface area is 140 Å². The molecule has 24 heavy (non-hydrogen) atoms. The van der Waals surface area contributed by atoms with Crippen molar-refractivity contribution in [2.75, 3.05) is 17.3 Å². The van der Waals surface area contributed by atoms with Gasteiger partial charge in [0.1, 0.15) is 0 Å². The summed E-state index contributed by atoms with van der Waals surface area (Å²) in [5.41, 5.74) is 3.47. The van der Waals surface area contributed by atoms with E-state index in [2.05, 4.69) is 15.5 Å². The molecule has 1 heterocycles. The van der Waals surface area contributed by atoms with Crippen molar-refractivity contribution < 1.29 is 9.32 Å². The van der Waals surface area contributed by atoms with Gasteiger partial charge in [0.2, 0.25) is 11.7 Å². The Morgan fingerprint density at radius 1 is 1.12 bits per heavy atom. The van der Waals surface area contributed by atoms with Gasteiger partial charge in [-0.05, 0) is 48.9 Å². The quantitative estimate of drug-likeness (QED) is 0.790. The summed E-state index contributed by atoms with van der Waals surface area (Å²) in [6.45, 7) is 3.74. The van der Waals surface area contributed by atoms with Crippen molar-refractivity contribution in [3.63, 3.8) is 0 Å². The first-order valence-electron chi connectivity index (χ1n) is 7.55. The number of anilines is 2. The van der Waals surface area contributed by atoms with E-state index in [-0.39, 0.29) is 6.03 Å². The van der Waals surface area contributed by atoms with Crippen molar-refractivity contribution in [1.29, 1.82) is 0 Å². The molecule has 2 amide bonds. The summed E-state index contributed by atoms with van der Waals surface area (Å²) in [6.07, 6.45) is 0. The van der Waals surface area contributed by atoms with Gasteiger partial charge in [-0.25, -0.2) is 4.79 Å². The lowest BCUT2D eigenvalue weighted by molar-refractivity contribution is 0.258. The highest BCUT2D eigenvalue weighted by atomic mass is 16.5. The molecule has 2 aromatic carbocycles. The number of hydrogen-bond acceptors (Lipinski definition) is 4. The van der Waals surface area contributed by atoms with Gasteiger partial charge in [0.15, 0.2) is 0 Å². The number of nitrogens with one attached hydrogen (secondary N) is 1. The zero-order valence-electron chi connectivity index (χ0n) is 13.8. The molecule has 1 aromatic heterocycles. The molecule has 6 nitrogen and oxygen atoms in total. The number of rotatable bonds is 3. The highest BCUT2D eigenvalue weighted by Gasteiger charge is 2.11. The number of nitrogens with zero attached hydrogens (tertiary/aromatic N) is 3. The summed E-state index contributed by atoms with van der Waals surface area (Å²) in [7, 11) is 1.74. The number of carbonyl (C=O) groups excluding carboxylic acids is 1. The van der Waals surface area contributed by atoms with E-state index in [1.807, 2.05) is 55.5 Å². The molecule has 0 aliphatic carbocycles. The smallest absolute Gasteiger partial charge is 0.326 e. The van der Waals surface area contributed by atoms with Crippen LogP contribution in [0.1, 0.15) is 11.5 Å². The molecule has 3 aromatic rings. The van der Waals surface area contributed by atoms with Gasteiger partial charge in [-0.1, -0.05) is 17.3 Å². The molecule has 1 N–H and O–H groups in total. The fraction of sp³-hybridized carbons (Fsp3) is 0.167. The number of amides is 2. The molecule has 0 saturated carbocycles. The maximum absolute atomic E-state index is 12.4. The number of aromatic nitrogens is 2. The van der Waals surface area contributed by atoms with Crippen LogP contribution in [0.15, 0.2) is 53.1 Å². The molecular formula is C18H18N4O2. The van der Waals surface area contributed by atoms with E-state index < -0.39 is 0 Å². The first-order valence-corrected chi connectivity index (χ1v) is 7.55. The molecule has 6 heteroatoms. The molecule has 0 radical (unpaired) electrons. The Bertz CT molecular complexity index is 855. The van der Waals surface area contributed by atoms with Gasteiger partial charge in [-0.3, -0.25) is 4.90 Å². The normalized spacial score (nSPS) is 10.5. The first kappa shape index (κ1) is 15.7. The number of urea groups is 1. The second kappa shape index (κ2) is 6.54. The molecule has 0 atom stereocenters. The van der Waals surface area contributed by atoms with Crippen molar-refractivity contribution in [2.45, 2.75) is 13.8 Å². The van der Waals surface area contributed by atoms with Crippen LogP contribution in [0.5, 0.6) is 0 Å². The molecule has 0 saturated heterocycles. The second-order valence-electron chi connectivity index (χ2n) is 5.54. The van der Waals surface area contributed by atoms with E-state index in [1.54, 1.807) is 18.9 Å². The third-order valence-electron chi connectivity index (χ3n) is 3.62. The van der Waals surface area contributed by atoms with E-state index in [4.69, 9.17) is 4.52 Å². The minimum Gasteiger partial charge on any atom is -0.339 e. The summed E-state index contributed by atoms with van der Waals surface area (Å²) < 4.78 is 4.97. The van der Waals surface area contributed by atoms with Crippen LogP contribution in [0.3, 0.4) is 0 Å². The van der Waals surface area contributed by atoms with E-state index in [1.165, 1.54) is 0 Å². The molecule has 0 aliphatic heterocycles. The largest absolute Gasteiger partial charge is 0.339 e. The minimum atomic E-state index is -0.205. The Kier molecular flexibility index (Phi) is 4.29. The van der Waals surface area contributed by atoms with Crippen molar-refractivity contribution >= 4 is 17.4 Å². The predicted molar refractivity (Wildman–Crippen MR) is 93.1 cm³/mol. The Morgan fingerprint density at radius 2 is 1.88 bits per heavy atom. The molecule has 122 valence electrons. The summed E-state index contributed by atoms with van der Waals surface area (Å²) >= 11 is 0. The van der Waals surface area contributed by atoms with Crippen LogP contribution in [0.2, 0.25) is 0 Å². The van der Waals surface area contributed by atoms with Crippen LogP contribution in [0, 0.1) is 13.8 Å². The first-order chi connectivity index (χ1) is 11.5. The maximum atomic E-state index is 12.4. The summed E-state index contributed by atoms with van der Waals surface area (Å²) in [4.78, 5) is 18.1. The third-order valence-corrected chi connectivity index (χ3v) is 3.62. The molecule has 3 rings (SSSR count). The van der Waals surface area contributed by atoms with Crippen molar-refractivity contribution in [3.8, 4) is 11.4 Å². The molecular weight excluding hydrogens is 304 g/mol. The Morgan fingerprint density at radius 3 is 2.50 bits per heavy atom. The van der Waals surface area contributed by atoms with Crippen molar-refractivity contribution in [2.24, 2.45) is 0 Å². The topological polar surface area (TPSA) is 71.3 Å².